The normalized spacial score (nSPS) is 16.1. The minimum absolute atomic E-state index is 0.134. The number of nitrogens with one attached hydrogen (secondary N) is 1. The number of carbonyl (C=O) groups excluding carboxylic acids is 2. The second kappa shape index (κ2) is 6.35. The highest BCUT2D eigenvalue weighted by atomic mass is 16.2. The largest absolute Gasteiger partial charge is 0.352 e. The van der Waals surface area contributed by atoms with Gasteiger partial charge >= 0.3 is 0 Å². The molecule has 24 heavy (non-hydrogen) atoms. The van der Waals surface area contributed by atoms with Gasteiger partial charge in [-0.2, -0.15) is 10.2 Å². The molecule has 7 heteroatoms. The van der Waals surface area contributed by atoms with Gasteiger partial charge in [-0.1, -0.05) is 18.2 Å². The van der Waals surface area contributed by atoms with E-state index in [0.29, 0.717) is 12.1 Å². The van der Waals surface area contributed by atoms with Crippen LogP contribution in [0.5, 0.6) is 0 Å². The van der Waals surface area contributed by atoms with E-state index < -0.39 is 6.04 Å². The Labute approximate surface area is 139 Å². The number of carbonyl (C=O) groups is 2. The van der Waals surface area contributed by atoms with Gasteiger partial charge in [-0.05, 0) is 25.5 Å². The Morgan fingerprint density at radius 1 is 1.29 bits per heavy atom. The van der Waals surface area contributed by atoms with Crippen molar-refractivity contribution < 1.29 is 9.59 Å². The number of aryl methyl sites for hydroxylation is 2. The van der Waals surface area contributed by atoms with Crippen molar-refractivity contribution in [3.8, 4) is 0 Å². The lowest BCUT2D eigenvalue weighted by Crippen LogP contribution is -2.25. The minimum Gasteiger partial charge on any atom is -0.352 e. The maximum Gasteiger partial charge on any atom is 0.295 e. The number of nitrogens with zero attached hydrogens (tertiary/aromatic N) is 4. The smallest absolute Gasteiger partial charge is 0.295 e. The summed E-state index contributed by atoms with van der Waals surface area (Å²) in [5, 5.41) is 14.9. The molecule has 1 aliphatic rings. The second-order valence-corrected chi connectivity index (χ2v) is 5.88. The maximum absolute atomic E-state index is 12.3. The summed E-state index contributed by atoms with van der Waals surface area (Å²) >= 11 is 0. The first-order valence-electron chi connectivity index (χ1n) is 7.77. The Bertz CT molecular complexity index is 838. The molecule has 0 aliphatic carbocycles. The van der Waals surface area contributed by atoms with Gasteiger partial charge in [0.1, 0.15) is 6.04 Å². The predicted octanol–water partition coefficient (Wildman–Crippen LogP) is 2.39. The lowest BCUT2D eigenvalue weighted by atomic mass is 9.97. The molecule has 0 bridgehead atoms. The summed E-state index contributed by atoms with van der Waals surface area (Å²) in [4.78, 5) is 24.0. The highest BCUT2D eigenvalue weighted by Crippen LogP contribution is 2.29. The summed E-state index contributed by atoms with van der Waals surface area (Å²) in [6.07, 6.45) is 0.159. The van der Waals surface area contributed by atoms with E-state index in [4.69, 9.17) is 0 Å². The van der Waals surface area contributed by atoms with Crippen LogP contribution < -0.4 is 5.32 Å². The minimum atomic E-state index is -0.421. The lowest BCUT2D eigenvalue weighted by molar-refractivity contribution is -0.121. The van der Waals surface area contributed by atoms with E-state index in [1.807, 2.05) is 33.0 Å². The standard InChI is InChI=1S/C17H19N5O2/c1-10-14(11(2)22(3)21-10)9-18-16(23)8-15-12-6-4-5-7-13(12)17(24)20-19-15/h4-7,15H,8-9H2,1-3H3,(H,18,23). The third kappa shape index (κ3) is 2.97. The summed E-state index contributed by atoms with van der Waals surface area (Å²) in [5.41, 5.74) is 4.22. The number of aromatic nitrogens is 2. The molecule has 2 aromatic rings. The average molecular weight is 325 g/mol. The molecule has 1 unspecified atom stereocenters. The van der Waals surface area contributed by atoms with Gasteiger partial charge in [-0.15, -0.1) is 5.11 Å². The molecule has 1 atom stereocenters. The molecule has 0 radical (unpaired) electrons. The molecule has 2 heterocycles. The van der Waals surface area contributed by atoms with Crippen LogP contribution in [-0.2, 0) is 18.4 Å². The number of hydrogen-bond donors (Lipinski definition) is 1. The van der Waals surface area contributed by atoms with Crippen molar-refractivity contribution in [1.29, 1.82) is 0 Å². The molecule has 1 aliphatic heterocycles. The fourth-order valence-corrected chi connectivity index (χ4v) is 2.88. The molecule has 7 nitrogen and oxygen atoms in total. The molecule has 0 saturated carbocycles. The van der Waals surface area contributed by atoms with Crippen LogP contribution in [-0.4, -0.2) is 21.6 Å². The first-order valence-corrected chi connectivity index (χ1v) is 7.77. The molecule has 1 N–H and O–H groups in total. The number of fused-ring (bicyclic) bond motifs is 1. The number of azo groups is 1. The summed E-state index contributed by atoms with van der Waals surface area (Å²) < 4.78 is 1.80. The van der Waals surface area contributed by atoms with Crippen LogP contribution in [0.25, 0.3) is 0 Å². The fourth-order valence-electron chi connectivity index (χ4n) is 2.88. The summed E-state index contributed by atoms with van der Waals surface area (Å²) in [6, 6.07) is 6.72. The van der Waals surface area contributed by atoms with Gasteiger partial charge in [0.05, 0.1) is 12.1 Å². The van der Waals surface area contributed by atoms with Crippen molar-refractivity contribution in [3.63, 3.8) is 0 Å². The quantitative estimate of drug-likeness (QED) is 0.936. The van der Waals surface area contributed by atoms with Crippen molar-refractivity contribution in [2.24, 2.45) is 17.3 Å². The second-order valence-electron chi connectivity index (χ2n) is 5.88. The fraction of sp³-hybridized carbons (Fsp3) is 0.353. The zero-order valence-electron chi connectivity index (χ0n) is 13.9. The number of rotatable bonds is 4. The third-order valence-corrected chi connectivity index (χ3v) is 4.34. The Morgan fingerprint density at radius 3 is 2.75 bits per heavy atom. The van der Waals surface area contributed by atoms with Crippen LogP contribution in [0, 0.1) is 13.8 Å². The van der Waals surface area contributed by atoms with Crippen LogP contribution in [0.15, 0.2) is 34.5 Å². The predicted molar refractivity (Wildman–Crippen MR) is 87.5 cm³/mol. The highest BCUT2D eigenvalue weighted by molar-refractivity contribution is 5.97. The first kappa shape index (κ1) is 16.0. The number of hydrogen-bond acceptors (Lipinski definition) is 4. The van der Waals surface area contributed by atoms with Crippen LogP contribution in [0.3, 0.4) is 0 Å². The molecular weight excluding hydrogens is 306 g/mol. The molecule has 0 fully saturated rings. The van der Waals surface area contributed by atoms with E-state index in [0.717, 1.165) is 22.5 Å². The van der Waals surface area contributed by atoms with Gasteiger partial charge in [0.15, 0.2) is 0 Å². The van der Waals surface area contributed by atoms with Crippen molar-refractivity contribution in [2.75, 3.05) is 0 Å². The van der Waals surface area contributed by atoms with Crippen molar-refractivity contribution in [2.45, 2.75) is 32.9 Å². The SMILES string of the molecule is Cc1nn(C)c(C)c1CNC(=O)CC1N=NC(=O)c2ccccc21. The van der Waals surface area contributed by atoms with Crippen molar-refractivity contribution in [1.82, 2.24) is 15.1 Å². The van der Waals surface area contributed by atoms with Gasteiger partial charge in [0, 0.05) is 30.4 Å². The van der Waals surface area contributed by atoms with Gasteiger partial charge in [0.25, 0.3) is 5.91 Å². The van der Waals surface area contributed by atoms with Crippen LogP contribution >= 0.6 is 0 Å². The molecule has 0 saturated heterocycles. The summed E-state index contributed by atoms with van der Waals surface area (Å²) in [7, 11) is 1.88. The van der Waals surface area contributed by atoms with E-state index in [9.17, 15) is 9.59 Å². The van der Waals surface area contributed by atoms with E-state index in [1.54, 1.807) is 16.8 Å². The van der Waals surface area contributed by atoms with E-state index >= 15 is 0 Å². The van der Waals surface area contributed by atoms with Crippen LogP contribution in [0.1, 0.15) is 45.3 Å². The summed E-state index contributed by atoms with van der Waals surface area (Å²) in [6.45, 7) is 4.32. The van der Waals surface area contributed by atoms with Gasteiger partial charge in [0.2, 0.25) is 5.91 Å². The zero-order valence-corrected chi connectivity index (χ0v) is 13.9. The monoisotopic (exact) mass is 325 g/mol. The van der Waals surface area contributed by atoms with Crippen molar-refractivity contribution >= 4 is 11.8 Å². The van der Waals surface area contributed by atoms with Crippen LogP contribution in [0.2, 0.25) is 0 Å². The topological polar surface area (TPSA) is 88.7 Å². The van der Waals surface area contributed by atoms with E-state index in [-0.39, 0.29) is 18.2 Å². The molecule has 124 valence electrons. The summed E-state index contributed by atoms with van der Waals surface area (Å²) in [5.74, 6) is -0.491. The van der Waals surface area contributed by atoms with Gasteiger partial charge < -0.3 is 5.32 Å². The first-order chi connectivity index (χ1) is 11.5. The third-order valence-electron chi connectivity index (χ3n) is 4.34. The number of amides is 2. The highest BCUT2D eigenvalue weighted by Gasteiger charge is 2.25. The van der Waals surface area contributed by atoms with Gasteiger partial charge in [-0.3, -0.25) is 14.3 Å². The number of benzene rings is 1. The lowest BCUT2D eigenvalue weighted by Gasteiger charge is -2.17. The molecule has 1 aromatic heterocycles. The van der Waals surface area contributed by atoms with E-state index in [2.05, 4.69) is 20.6 Å². The van der Waals surface area contributed by atoms with Crippen LogP contribution in [0.4, 0.5) is 0 Å². The Morgan fingerprint density at radius 2 is 2.04 bits per heavy atom. The maximum atomic E-state index is 12.3. The van der Waals surface area contributed by atoms with Gasteiger partial charge in [-0.25, -0.2) is 0 Å². The molecule has 0 spiro atoms. The Balaban J connectivity index is 1.67. The molecule has 2 amide bonds. The molecule has 1 aromatic carbocycles. The Hall–Kier alpha value is -2.83. The molecule has 3 rings (SSSR count). The Kier molecular flexibility index (Phi) is 4.24. The average Bonchev–Trinajstić information content (AvgIpc) is 2.81. The molecular formula is C17H19N5O2. The zero-order chi connectivity index (χ0) is 17.3. The van der Waals surface area contributed by atoms with Crippen molar-refractivity contribution in [3.05, 3.63) is 52.3 Å². The van der Waals surface area contributed by atoms with E-state index in [1.165, 1.54) is 0 Å².